The van der Waals surface area contributed by atoms with Gasteiger partial charge in [0.1, 0.15) is 21.3 Å². The average Bonchev–Trinajstić information content (AvgIpc) is 3.62. The van der Waals surface area contributed by atoms with Gasteiger partial charge in [0, 0.05) is 19.1 Å². The summed E-state index contributed by atoms with van der Waals surface area (Å²) in [6.07, 6.45) is 2.95. The Kier molecular flexibility index (Phi) is 6.65. The number of carbonyl (C=O) groups is 1. The summed E-state index contributed by atoms with van der Waals surface area (Å²) in [6, 6.07) is 11.9. The molecule has 0 amide bonds. The molecule has 7 rings (SSSR count). The SMILES string of the molecule is [C-]#[N+]c1ccc(C2(C)Oc3cccc(C4CCN(Cc5nc6sc(C(=O)O)cc6n5C[C@@H]5CCO5)CC4)c3O2)c(F)c1. The predicted molar refractivity (Wildman–Crippen MR) is 154 cm³/mol. The lowest BCUT2D eigenvalue weighted by Crippen LogP contribution is -2.35. The zero-order chi connectivity index (χ0) is 29.0. The average molecular weight is 589 g/mol. The fraction of sp³-hybridized carbons (Fsp3) is 0.387. The third kappa shape index (κ3) is 4.69. The minimum atomic E-state index is -1.32. The van der Waals surface area contributed by atoms with E-state index >= 15 is 0 Å². The lowest BCUT2D eigenvalue weighted by Gasteiger charge is -2.33. The molecule has 1 unspecified atom stereocenters. The van der Waals surface area contributed by atoms with Crippen LogP contribution >= 0.6 is 11.3 Å². The Hall–Kier alpha value is -3.98. The van der Waals surface area contributed by atoms with Crippen molar-refractivity contribution in [2.24, 2.45) is 0 Å². The van der Waals surface area contributed by atoms with E-state index in [1.807, 2.05) is 12.1 Å². The number of imidazole rings is 1. The van der Waals surface area contributed by atoms with Gasteiger partial charge in [0.2, 0.25) is 0 Å². The molecule has 4 aromatic rings. The topological polar surface area (TPSA) is 90.4 Å². The van der Waals surface area contributed by atoms with Gasteiger partial charge >= 0.3 is 5.97 Å². The molecule has 0 bridgehead atoms. The van der Waals surface area contributed by atoms with Gasteiger partial charge in [-0.1, -0.05) is 24.3 Å². The second-order valence-electron chi connectivity index (χ2n) is 11.2. The van der Waals surface area contributed by atoms with E-state index in [1.54, 1.807) is 25.1 Å². The summed E-state index contributed by atoms with van der Waals surface area (Å²) in [6.45, 7) is 12.7. The van der Waals surface area contributed by atoms with Crippen LogP contribution in [0.15, 0.2) is 42.5 Å². The molecule has 11 heteroatoms. The molecular formula is C31H29FN4O5S. The quantitative estimate of drug-likeness (QED) is 0.254. The monoisotopic (exact) mass is 588 g/mol. The van der Waals surface area contributed by atoms with E-state index in [4.69, 9.17) is 25.8 Å². The number of hydrogen-bond acceptors (Lipinski definition) is 7. The minimum absolute atomic E-state index is 0.132. The number of halogens is 1. The van der Waals surface area contributed by atoms with Crippen molar-refractivity contribution in [3.05, 3.63) is 81.5 Å². The smallest absolute Gasteiger partial charge is 0.346 e. The van der Waals surface area contributed by atoms with Gasteiger partial charge < -0.3 is 23.9 Å². The number of likely N-dealkylation sites (tertiary alicyclic amines) is 1. The summed E-state index contributed by atoms with van der Waals surface area (Å²) in [5.74, 6) is -0.362. The Bertz CT molecular complexity index is 1730. The number of benzene rings is 2. The summed E-state index contributed by atoms with van der Waals surface area (Å²) in [4.78, 5) is 23.1. The number of carboxylic acids is 1. The van der Waals surface area contributed by atoms with Crippen LogP contribution in [0.2, 0.25) is 0 Å². The number of piperidine rings is 1. The van der Waals surface area contributed by atoms with Crippen molar-refractivity contribution in [1.29, 1.82) is 0 Å². The number of fused-ring (bicyclic) bond motifs is 2. The number of ether oxygens (including phenoxy) is 3. The number of aromatic nitrogens is 2. The highest BCUT2D eigenvalue weighted by Gasteiger charge is 2.43. The van der Waals surface area contributed by atoms with Crippen LogP contribution < -0.4 is 9.47 Å². The first-order valence-corrected chi connectivity index (χ1v) is 14.9. The molecule has 0 saturated carbocycles. The van der Waals surface area contributed by atoms with Gasteiger partial charge in [-0.3, -0.25) is 4.90 Å². The normalized spacial score (nSPS) is 22.3. The highest BCUT2D eigenvalue weighted by molar-refractivity contribution is 7.20. The third-order valence-corrected chi connectivity index (χ3v) is 9.50. The largest absolute Gasteiger partial charge is 0.477 e. The maximum atomic E-state index is 14.9. The molecule has 5 heterocycles. The highest BCUT2D eigenvalue weighted by Crippen LogP contribution is 2.50. The van der Waals surface area contributed by atoms with Gasteiger partial charge in [0.05, 0.1) is 36.8 Å². The van der Waals surface area contributed by atoms with E-state index in [1.165, 1.54) is 17.4 Å². The molecule has 3 aliphatic rings. The van der Waals surface area contributed by atoms with Gasteiger partial charge in [-0.25, -0.2) is 19.0 Å². The Labute approximate surface area is 245 Å². The van der Waals surface area contributed by atoms with Gasteiger partial charge in [-0.2, -0.15) is 0 Å². The molecule has 0 spiro atoms. The van der Waals surface area contributed by atoms with Crippen molar-refractivity contribution in [3.8, 4) is 11.5 Å². The lowest BCUT2D eigenvalue weighted by molar-refractivity contribution is -0.0711. The number of para-hydroxylation sites is 1. The minimum Gasteiger partial charge on any atom is -0.477 e. The Morgan fingerprint density at radius 3 is 2.71 bits per heavy atom. The van der Waals surface area contributed by atoms with E-state index in [-0.39, 0.29) is 23.3 Å². The Morgan fingerprint density at radius 2 is 2.02 bits per heavy atom. The van der Waals surface area contributed by atoms with Gasteiger partial charge in [0.15, 0.2) is 17.2 Å². The first-order chi connectivity index (χ1) is 20.3. The number of hydrogen-bond donors (Lipinski definition) is 1. The zero-order valence-corrected chi connectivity index (χ0v) is 23.8. The van der Waals surface area contributed by atoms with Gasteiger partial charge in [0.25, 0.3) is 5.79 Å². The second kappa shape index (κ2) is 10.4. The molecule has 2 fully saturated rings. The standard InChI is InChI=1S/C31H29FN4O5S/c1-31(22-7-6-19(33-2)14-23(22)32)40-25-5-3-4-21(28(25)41-31)18-8-11-35(12-9-18)17-27-34-29-24(15-26(42-29)30(37)38)36(27)16-20-10-13-39-20/h3-7,14-15,18,20H,8-13,16-17H2,1H3,(H,37,38)/t20-,31?/m0/s1. The second-order valence-corrected chi connectivity index (χ2v) is 12.2. The Morgan fingerprint density at radius 1 is 1.21 bits per heavy atom. The lowest BCUT2D eigenvalue weighted by atomic mass is 9.88. The molecule has 1 N–H and O–H groups in total. The van der Waals surface area contributed by atoms with Gasteiger partial charge in [-0.05, 0) is 56.5 Å². The van der Waals surface area contributed by atoms with E-state index in [0.717, 1.165) is 60.7 Å². The molecule has 2 atom stereocenters. The van der Waals surface area contributed by atoms with Crippen molar-refractivity contribution in [2.45, 2.75) is 57.1 Å². The van der Waals surface area contributed by atoms with Crippen LogP contribution in [0.4, 0.5) is 10.1 Å². The van der Waals surface area contributed by atoms with Crippen molar-refractivity contribution in [2.75, 3.05) is 19.7 Å². The van der Waals surface area contributed by atoms with E-state index in [2.05, 4.69) is 20.4 Å². The maximum Gasteiger partial charge on any atom is 0.346 e. The molecular weight excluding hydrogens is 559 g/mol. The van der Waals surface area contributed by atoms with Crippen LogP contribution in [0.3, 0.4) is 0 Å². The van der Waals surface area contributed by atoms with E-state index in [9.17, 15) is 14.3 Å². The fourth-order valence-corrected chi connectivity index (χ4v) is 7.04. The summed E-state index contributed by atoms with van der Waals surface area (Å²) in [7, 11) is 0. The predicted octanol–water partition coefficient (Wildman–Crippen LogP) is 6.30. The maximum absolute atomic E-state index is 14.9. The molecule has 9 nitrogen and oxygen atoms in total. The first kappa shape index (κ1) is 26.9. The van der Waals surface area contributed by atoms with E-state index < -0.39 is 17.6 Å². The summed E-state index contributed by atoms with van der Waals surface area (Å²) >= 11 is 1.21. The van der Waals surface area contributed by atoms with Crippen molar-refractivity contribution >= 4 is 33.3 Å². The van der Waals surface area contributed by atoms with Crippen LogP contribution in [-0.2, 0) is 23.6 Å². The molecule has 42 heavy (non-hydrogen) atoms. The molecule has 216 valence electrons. The molecule has 2 aromatic carbocycles. The first-order valence-electron chi connectivity index (χ1n) is 14.1. The number of aromatic carboxylic acids is 1. The van der Waals surface area contributed by atoms with Crippen LogP contribution in [0.1, 0.15) is 58.7 Å². The van der Waals surface area contributed by atoms with Crippen LogP contribution in [0.25, 0.3) is 15.2 Å². The molecule has 0 radical (unpaired) electrons. The van der Waals surface area contributed by atoms with Crippen molar-refractivity contribution in [3.63, 3.8) is 0 Å². The number of carboxylic acid groups (broad SMARTS) is 1. The van der Waals surface area contributed by atoms with Crippen molar-refractivity contribution < 1.29 is 28.5 Å². The summed E-state index contributed by atoms with van der Waals surface area (Å²) in [5.41, 5.74) is 2.40. The fourth-order valence-electron chi connectivity index (χ4n) is 6.15. The number of rotatable bonds is 7. The van der Waals surface area contributed by atoms with Crippen LogP contribution in [0, 0.1) is 12.4 Å². The van der Waals surface area contributed by atoms with Crippen molar-refractivity contribution in [1.82, 2.24) is 14.5 Å². The van der Waals surface area contributed by atoms with Crippen LogP contribution in [-0.4, -0.2) is 51.3 Å². The molecule has 2 aromatic heterocycles. The third-order valence-electron chi connectivity index (χ3n) is 8.49. The van der Waals surface area contributed by atoms with E-state index in [0.29, 0.717) is 29.5 Å². The number of thiophene rings is 1. The zero-order valence-electron chi connectivity index (χ0n) is 23.0. The van der Waals surface area contributed by atoms with Gasteiger partial charge in [-0.15, -0.1) is 11.3 Å². The highest BCUT2D eigenvalue weighted by atomic mass is 32.1. The Balaban J connectivity index is 1.06. The molecule has 0 aliphatic carbocycles. The van der Waals surface area contributed by atoms with Crippen LogP contribution in [0.5, 0.6) is 11.5 Å². The summed E-state index contributed by atoms with van der Waals surface area (Å²) < 4.78 is 35.2. The molecule has 3 aliphatic heterocycles. The number of nitrogens with zero attached hydrogens (tertiary/aromatic N) is 4. The summed E-state index contributed by atoms with van der Waals surface area (Å²) in [5, 5.41) is 9.46. The molecule has 2 saturated heterocycles.